The molecule has 0 spiro atoms. The van der Waals surface area contributed by atoms with Crippen LogP contribution in [0.15, 0.2) is 0 Å². The number of hydrogen-bond donors (Lipinski definition) is 1. The Labute approximate surface area is 86.9 Å². The third-order valence-corrected chi connectivity index (χ3v) is 3.14. The summed E-state index contributed by atoms with van der Waals surface area (Å²) in [4.78, 5) is 0. The van der Waals surface area contributed by atoms with Gasteiger partial charge in [0.1, 0.15) is 0 Å². The molecule has 0 aromatic carbocycles. The summed E-state index contributed by atoms with van der Waals surface area (Å²) in [6.45, 7) is 4.66. The van der Waals surface area contributed by atoms with Gasteiger partial charge in [-0.3, -0.25) is 0 Å². The maximum atomic E-state index is 6.12. The van der Waals surface area contributed by atoms with Gasteiger partial charge in [0, 0.05) is 7.11 Å². The largest absolute Gasteiger partial charge is 0.377 e. The number of methoxy groups -OCH3 is 1. The van der Waals surface area contributed by atoms with Gasteiger partial charge in [0.15, 0.2) is 0 Å². The molecule has 0 radical (unpaired) electrons. The Kier molecular flexibility index (Phi) is 4.35. The van der Waals surface area contributed by atoms with Crippen molar-refractivity contribution in [3.63, 3.8) is 0 Å². The highest BCUT2D eigenvalue weighted by Crippen LogP contribution is 2.34. The summed E-state index contributed by atoms with van der Waals surface area (Å²) >= 11 is 0. The number of ether oxygens (including phenoxy) is 2. The van der Waals surface area contributed by atoms with Crippen molar-refractivity contribution in [1.29, 1.82) is 0 Å². The molecule has 1 unspecified atom stereocenters. The molecule has 1 fully saturated rings. The fraction of sp³-hybridized carbons (Fsp3) is 1.00. The van der Waals surface area contributed by atoms with Gasteiger partial charge in [-0.1, -0.05) is 12.8 Å². The maximum absolute atomic E-state index is 6.12. The van der Waals surface area contributed by atoms with Crippen molar-refractivity contribution in [2.75, 3.05) is 13.7 Å². The minimum Gasteiger partial charge on any atom is -0.377 e. The summed E-state index contributed by atoms with van der Waals surface area (Å²) in [5.41, 5.74) is 6.01. The lowest BCUT2D eigenvalue weighted by atomic mass is 9.93. The number of hydrogen-bond acceptors (Lipinski definition) is 3. The zero-order valence-electron chi connectivity index (χ0n) is 9.58. The minimum atomic E-state index is -0.116. The van der Waals surface area contributed by atoms with Crippen molar-refractivity contribution in [2.24, 2.45) is 5.73 Å². The van der Waals surface area contributed by atoms with Crippen LogP contribution in [0, 0.1) is 0 Å². The van der Waals surface area contributed by atoms with Gasteiger partial charge in [0.2, 0.25) is 0 Å². The molecule has 84 valence electrons. The molecular weight excluding hydrogens is 178 g/mol. The maximum Gasteiger partial charge on any atom is 0.0851 e. The van der Waals surface area contributed by atoms with Crippen LogP contribution in [0.2, 0.25) is 0 Å². The van der Waals surface area contributed by atoms with Crippen LogP contribution in [0.25, 0.3) is 0 Å². The fourth-order valence-electron chi connectivity index (χ4n) is 2.15. The van der Waals surface area contributed by atoms with Crippen LogP contribution in [0.3, 0.4) is 0 Å². The van der Waals surface area contributed by atoms with Crippen molar-refractivity contribution < 1.29 is 9.47 Å². The van der Waals surface area contributed by atoms with E-state index < -0.39 is 0 Å². The summed E-state index contributed by atoms with van der Waals surface area (Å²) in [6.07, 6.45) is 4.85. The van der Waals surface area contributed by atoms with E-state index in [0.29, 0.717) is 6.61 Å². The Bertz CT molecular complexity index is 165. The van der Waals surface area contributed by atoms with Crippen LogP contribution in [0.5, 0.6) is 0 Å². The van der Waals surface area contributed by atoms with Crippen LogP contribution in [-0.4, -0.2) is 31.5 Å². The minimum absolute atomic E-state index is 0.0115. The normalized spacial score (nSPS) is 22.9. The second kappa shape index (κ2) is 5.10. The zero-order valence-corrected chi connectivity index (χ0v) is 9.58. The Morgan fingerprint density at radius 1 is 1.29 bits per heavy atom. The van der Waals surface area contributed by atoms with E-state index in [9.17, 15) is 0 Å². The number of nitrogens with two attached hydrogens (primary N) is 1. The highest BCUT2D eigenvalue weighted by atomic mass is 16.5. The summed E-state index contributed by atoms with van der Waals surface area (Å²) in [5.74, 6) is 0. The summed E-state index contributed by atoms with van der Waals surface area (Å²) in [6, 6.07) is 0.0115. The van der Waals surface area contributed by atoms with Crippen LogP contribution >= 0.6 is 0 Å². The molecule has 1 saturated carbocycles. The third kappa shape index (κ3) is 2.69. The van der Waals surface area contributed by atoms with E-state index in [1.807, 2.05) is 13.8 Å². The van der Waals surface area contributed by atoms with Gasteiger partial charge in [-0.25, -0.2) is 0 Å². The fourth-order valence-corrected chi connectivity index (χ4v) is 2.15. The van der Waals surface area contributed by atoms with Gasteiger partial charge in [-0.15, -0.1) is 0 Å². The highest BCUT2D eigenvalue weighted by molar-refractivity contribution is 4.95. The molecular formula is C11H23NO2. The molecule has 0 amide bonds. The van der Waals surface area contributed by atoms with E-state index in [1.54, 1.807) is 7.11 Å². The van der Waals surface area contributed by atoms with Gasteiger partial charge in [-0.2, -0.15) is 0 Å². The van der Waals surface area contributed by atoms with Crippen molar-refractivity contribution in [3.8, 4) is 0 Å². The predicted octanol–water partition coefficient (Wildman–Crippen LogP) is 1.70. The standard InChI is InChI=1S/C11H23NO2/c1-9(2)14-8-10(12)11(13-3)6-4-5-7-11/h9-10H,4-8,12H2,1-3H3. The van der Waals surface area contributed by atoms with Crippen LogP contribution in [0.1, 0.15) is 39.5 Å². The van der Waals surface area contributed by atoms with Gasteiger partial charge in [0.05, 0.1) is 24.4 Å². The molecule has 0 saturated heterocycles. The van der Waals surface area contributed by atoms with Gasteiger partial charge in [0.25, 0.3) is 0 Å². The molecule has 1 aliphatic carbocycles. The molecule has 3 nitrogen and oxygen atoms in total. The monoisotopic (exact) mass is 201 g/mol. The Hall–Kier alpha value is -0.120. The molecule has 2 N–H and O–H groups in total. The average molecular weight is 201 g/mol. The first kappa shape index (κ1) is 12.0. The quantitative estimate of drug-likeness (QED) is 0.736. The van der Waals surface area contributed by atoms with E-state index in [0.717, 1.165) is 12.8 Å². The Morgan fingerprint density at radius 2 is 1.86 bits per heavy atom. The highest BCUT2D eigenvalue weighted by Gasteiger charge is 2.39. The van der Waals surface area contributed by atoms with Crippen molar-refractivity contribution in [3.05, 3.63) is 0 Å². The van der Waals surface area contributed by atoms with Gasteiger partial charge >= 0.3 is 0 Å². The summed E-state index contributed by atoms with van der Waals surface area (Å²) < 4.78 is 11.1. The zero-order chi connectivity index (χ0) is 10.6. The molecule has 1 atom stereocenters. The second-order valence-corrected chi connectivity index (χ2v) is 4.46. The average Bonchev–Trinajstić information content (AvgIpc) is 2.63. The lowest BCUT2D eigenvalue weighted by Gasteiger charge is -2.34. The molecule has 1 rings (SSSR count). The van der Waals surface area contributed by atoms with Crippen molar-refractivity contribution >= 4 is 0 Å². The van der Waals surface area contributed by atoms with Crippen LogP contribution in [-0.2, 0) is 9.47 Å². The first-order valence-electron chi connectivity index (χ1n) is 5.53. The van der Waals surface area contributed by atoms with E-state index >= 15 is 0 Å². The molecule has 0 bridgehead atoms. The topological polar surface area (TPSA) is 44.5 Å². The van der Waals surface area contributed by atoms with E-state index in [2.05, 4.69) is 0 Å². The lowest BCUT2D eigenvalue weighted by Crippen LogP contribution is -2.50. The molecule has 1 aliphatic rings. The molecule has 0 aliphatic heterocycles. The molecule has 0 heterocycles. The first-order valence-corrected chi connectivity index (χ1v) is 5.53. The molecule has 3 heteroatoms. The van der Waals surface area contributed by atoms with Gasteiger partial charge < -0.3 is 15.2 Å². The molecule has 0 aromatic heterocycles. The van der Waals surface area contributed by atoms with Crippen LogP contribution in [0.4, 0.5) is 0 Å². The van der Waals surface area contributed by atoms with E-state index in [-0.39, 0.29) is 17.7 Å². The second-order valence-electron chi connectivity index (χ2n) is 4.46. The van der Waals surface area contributed by atoms with Crippen LogP contribution < -0.4 is 5.73 Å². The summed E-state index contributed by atoms with van der Waals surface area (Å²) in [7, 11) is 1.76. The third-order valence-electron chi connectivity index (χ3n) is 3.14. The van der Waals surface area contributed by atoms with Gasteiger partial charge in [-0.05, 0) is 26.7 Å². The lowest BCUT2D eigenvalue weighted by molar-refractivity contribution is -0.0563. The Balaban J connectivity index is 2.43. The van der Waals surface area contributed by atoms with E-state index in [1.165, 1.54) is 12.8 Å². The SMILES string of the molecule is COC1(C(N)COC(C)C)CCCC1. The number of rotatable bonds is 5. The van der Waals surface area contributed by atoms with Crippen molar-refractivity contribution in [1.82, 2.24) is 0 Å². The first-order chi connectivity index (χ1) is 6.60. The predicted molar refractivity (Wildman–Crippen MR) is 57.3 cm³/mol. The molecule has 14 heavy (non-hydrogen) atoms. The Morgan fingerprint density at radius 3 is 2.29 bits per heavy atom. The van der Waals surface area contributed by atoms with Crippen molar-refractivity contribution in [2.45, 2.75) is 57.3 Å². The molecule has 0 aromatic rings. The summed E-state index contributed by atoms with van der Waals surface area (Å²) in [5, 5.41) is 0. The van der Waals surface area contributed by atoms with E-state index in [4.69, 9.17) is 15.2 Å². The smallest absolute Gasteiger partial charge is 0.0851 e.